The molecule has 26 heavy (non-hydrogen) atoms. The topological polar surface area (TPSA) is 50.6 Å². The maximum Gasteiger partial charge on any atom is 0.260 e. The van der Waals surface area contributed by atoms with Crippen LogP contribution >= 0.6 is 0 Å². The molecule has 1 aromatic heterocycles. The van der Waals surface area contributed by atoms with Gasteiger partial charge in [0.2, 0.25) is 0 Å². The summed E-state index contributed by atoms with van der Waals surface area (Å²) < 4.78 is 7.66. The number of para-hydroxylation sites is 1. The number of rotatable bonds is 6. The summed E-state index contributed by atoms with van der Waals surface area (Å²) in [5.74, 6) is 0.842. The van der Waals surface area contributed by atoms with E-state index in [-0.39, 0.29) is 12.5 Å². The zero-order valence-electron chi connectivity index (χ0n) is 15.7. The van der Waals surface area contributed by atoms with Crippen LogP contribution in [-0.2, 0) is 17.9 Å². The average molecular weight is 356 g/mol. The molecule has 3 rings (SSSR count). The van der Waals surface area contributed by atoms with Gasteiger partial charge in [-0.25, -0.2) is 0 Å². The Labute approximate surface area is 155 Å². The Morgan fingerprint density at radius 1 is 1.15 bits per heavy atom. The standard InChI is InChI=1S/C20H28N4O2/c1-3-24-12-9-18(21-24)15-22-10-6-11-23(14-13-22)20(25)16-26-19-8-5-4-7-17(19)2/h4-5,7-9,12H,3,6,10-11,13-16H2,1-2H3. The highest BCUT2D eigenvalue weighted by Gasteiger charge is 2.20. The van der Waals surface area contributed by atoms with Crippen LogP contribution in [0.4, 0.5) is 0 Å². The van der Waals surface area contributed by atoms with Crippen LogP contribution in [0.3, 0.4) is 0 Å². The summed E-state index contributed by atoms with van der Waals surface area (Å²) in [5.41, 5.74) is 2.14. The summed E-state index contributed by atoms with van der Waals surface area (Å²) in [6.45, 7) is 9.30. The molecule has 6 heteroatoms. The summed E-state index contributed by atoms with van der Waals surface area (Å²) in [7, 11) is 0. The molecule has 1 fully saturated rings. The van der Waals surface area contributed by atoms with E-state index in [4.69, 9.17) is 4.74 Å². The minimum atomic E-state index is 0.0605. The van der Waals surface area contributed by atoms with E-state index in [9.17, 15) is 4.79 Å². The predicted octanol–water partition coefficient (Wildman–Crippen LogP) is 2.32. The number of hydrogen-bond donors (Lipinski definition) is 0. The second-order valence-corrected chi connectivity index (χ2v) is 6.73. The second-order valence-electron chi connectivity index (χ2n) is 6.73. The molecule has 0 aliphatic carbocycles. The summed E-state index contributed by atoms with van der Waals surface area (Å²) in [4.78, 5) is 16.8. The third-order valence-corrected chi connectivity index (χ3v) is 4.79. The van der Waals surface area contributed by atoms with Crippen molar-refractivity contribution in [2.24, 2.45) is 0 Å². The van der Waals surface area contributed by atoms with Gasteiger partial charge in [-0.3, -0.25) is 14.4 Å². The summed E-state index contributed by atoms with van der Waals surface area (Å²) in [5, 5.41) is 4.55. The van der Waals surface area contributed by atoms with E-state index < -0.39 is 0 Å². The lowest BCUT2D eigenvalue weighted by Crippen LogP contribution is -2.38. The molecule has 0 spiro atoms. The summed E-state index contributed by atoms with van der Waals surface area (Å²) in [6.07, 6.45) is 3.00. The maximum atomic E-state index is 12.5. The number of ether oxygens (including phenoxy) is 1. The van der Waals surface area contributed by atoms with Crippen molar-refractivity contribution in [3.8, 4) is 5.75 Å². The number of amides is 1. The second kappa shape index (κ2) is 8.85. The number of aromatic nitrogens is 2. The van der Waals surface area contributed by atoms with E-state index in [0.717, 1.165) is 62.7 Å². The first-order valence-corrected chi connectivity index (χ1v) is 9.36. The molecule has 1 aliphatic rings. The van der Waals surface area contributed by atoms with Gasteiger partial charge in [0, 0.05) is 45.5 Å². The van der Waals surface area contributed by atoms with Gasteiger partial charge in [0.1, 0.15) is 5.75 Å². The van der Waals surface area contributed by atoms with Crippen molar-refractivity contribution < 1.29 is 9.53 Å². The molecule has 1 aliphatic heterocycles. The van der Waals surface area contributed by atoms with E-state index in [0.29, 0.717) is 0 Å². The first kappa shape index (κ1) is 18.5. The Morgan fingerprint density at radius 3 is 2.77 bits per heavy atom. The molecule has 140 valence electrons. The van der Waals surface area contributed by atoms with Crippen molar-refractivity contribution in [2.75, 3.05) is 32.8 Å². The van der Waals surface area contributed by atoms with E-state index >= 15 is 0 Å². The van der Waals surface area contributed by atoms with Gasteiger partial charge in [0.25, 0.3) is 5.91 Å². The molecule has 0 unspecified atom stereocenters. The van der Waals surface area contributed by atoms with Crippen LogP contribution in [0, 0.1) is 6.92 Å². The van der Waals surface area contributed by atoms with E-state index in [1.54, 1.807) is 0 Å². The predicted molar refractivity (Wildman–Crippen MR) is 101 cm³/mol. The molecule has 6 nitrogen and oxygen atoms in total. The van der Waals surface area contributed by atoms with Crippen LogP contribution in [0.15, 0.2) is 36.5 Å². The highest BCUT2D eigenvalue weighted by Crippen LogP contribution is 2.16. The Hall–Kier alpha value is -2.34. The lowest BCUT2D eigenvalue weighted by molar-refractivity contribution is -0.133. The smallest absolute Gasteiger partial charge is 0.260 e. The Kier molecular flexibility index (Phi) is 6.28. The van der Waals surface area contributed by atoms with Crippen molar-refractivity contribution >= 4 is 5.91 Å². The Balaban J connectivity index is 1.48. The Morgan fingerprint density at radius 2 is 2.00 bits per heavy atom. The molecule has 0 N–H and O–H groups in total. The third kappa shape index (κ3) is 4.85. The number of carbonyl (C=O) groups is 1. The minimum absolute atomic E-state index is 0.0605. The van der Waals surface area contributed by atoms with Crippen LogP contribution < -0.4 is 4.74 Å². The van der Waals surface area contributed by atoms with Gasteiger partial charge >= 0.3 is 0 Å². The van der Waals surface area contributed by atoms with Crippen LogP contribution in [-0.4, -0.2) is 58.3 Å². The number of carbonyl (C=O) groups excluding carboxylic acids is 1. The molecule has 2 heterocycles. The minimum Gasteiger partial charge on any atom is -0.484 e. The normalized spacial score (nSPS) is 15.7. The van der Waals surface area contributed by atoms with Gasteiger partial charge in [0.15, 0.2) is 6.61 Å². The van der Waals surface area contributed by atoms with Crippen molar-refractivity contribution in [2.45, 2.75) is 33.4 Å². The summed E-state index contributed by atoms with van der Waals surface area (Å²) >= 11 is 0. The zero-order valence-corrected chi connectivity index (χ0v) is 15.7. The molecule has 1 amide bonds. The molecular weight excluding hydrogens is 328 g/mol. The fourth-order valence-corrected chi connectivity index (χ4v) is 3.22. The zero-order chi connectivity index (χ0) is 18.4. The molecule has 0 radical (unpaired) electrons. The first-order chi connectivity index (χ1) is 12.7. The van der Waals surface area contributed by atoms with Gasteiger partial charge < -0.3 is 9.64 Å². The third-order valence-electron chi connectivity index (χ3n) is 4.79. The number of hydrogen-bond acceptors (Lipinski definition) is 4. The van der Waals surface area contributed by atoms with Crippen LogP contribution in [0.2, 0.25) is 0 Å². The van der Waals surface area contributed by atoms with Crippen molar-refractivity contribution in [3.05, 3.63) is 47.8 Å². The van der Waals surface area contributed by atoms with E-state index in [1.165, 1.54) is 0 Å². The van der Waals surface area contributed by atoms with Crippen molar-refractivity contribution in [1.29, 1.82) is 0 Å². The SMILES string of the molecule is CCn1ccc(CN2CCCN(C(=O)COc3ccccc3C)CC2)n1. The van der Waals surface area contributed by atoms with Crippen LogP contribution in [0.5, 0.6) is 5.75 Å². The Bertz CT molecular complexity index is 728. The monoisotopic (exact) mass is 356 g/mol. The number of nitrogens with zero attached hydrogens (tertiary/aromatic N) is 4. The molecule has 1 saturated heterocycles. The molecule has 0 bridgehead atoms. The van der Waals surface area contributed by atoms with Gasteiger partial charge in [-0.1, -0.05) is 18.2 Å². The van der Waals surface area contributed by atoms with Gasteiger partial charge in [0.05, 0.1) is 5.69 Å². The van der Waals surface area contributed by atoms with E-state index in [1.807, 2.05) is 47.0 Å². The molecule has 0 atom stereocenters. The highest BCUT2D eigenvalue weighted by atomic mass is 16.5. The van der Waals surface area contributed by atoms with Gasteiger partial charge in [-0.05, 0) is 38.0 Å². The fraction of sp³-hybridized carbons (Fsp3) is 0.500. The molecule has 1 aromatic carbocycles. The number of aryl methyl sites for hydroxylation is 2. The van der Waals surface area contributed by atoms with Crippen molar-refractivity contribution in [1.82, 2.24) is 19.6 Å². The van der Waals surface area contributed by atoms with Crippen LogP contribution in [0.1, 0.15) is 24.6 Å². The first-order valence-electron chi connectivity index (χ1n) is 9.36. The maximum absolute atomic E-state index is 12.5. The molecule has 0 saturated carbocycles. The van der Waals surface area contributed by atoms with Gasteiger partial charge in [-0.15, -0.1) is 0 Å². The number of benzene rings is 1. The highest BCUT2D eigenvalue weighted by molar-refractivity contribution is 5.77. The summed E-state index contributed by atoms with van der Waals surface area (Å²) in [6, 6.07) is 9.87. The fourth-order valence-electron chi connectivity index (χ4n) is 3.22. The van der Waals surface area contributed by atoms with Gasteiger partial charge in [-0.2, -0.15) is 5.10 Å². The molecular formula is C20H28N4O2. The molecule has 2 aromatic rings. The lowest BCUT2D eigenvalue weighted by atomic mass is 10.2. The lowest BCUT2D eigenvalue weighted by Gasteiger charge is -2.22. The largest absolute Gasteiger partial charge is 0.484 e. The van der Waals surface area contributed by atoms with E-state index in [2.05, 4.69) is 23.0 Å². The average Bonchev–Trinajstić information content (AvgIpc) is 2.97. The quantitative estimate of drug-likeness (QED) is 0.797. The van der Waals surface area contributed by atoms with Crippen molar-refractivity contribution in [3.63, 3.8) is 0 Å². The van der Waals surface area contributed by atoms with Crippen LogP contribution in [0.25, 0.3) is 0 Å².